The van der Waals surface area contributed by atoms with Gasteiger partial charge in [0.15, 0.2) is 0 Å². The maximum Gasteiger partial charge on any atom is 0.137 e. The Morgan fingerprint density at radius 3 is 2.04 bits per heavy atom. The molecule has 0 bridgehead atoms. The normalized spacial score (nSPS) is 13.3. The summed E-state index contributed by atoms with van der Waals surface area (Å²) in [6.45, 7) is 4.69. The summed E-state index contributed by atoms with van der Waals surface area (Å²) in [7, 11) is 0. The van der Waals surface area contributed by atoms with Gasteiger partial charge in [-0.25, -0.2) is 0 Å². The lowest BCUT2D eigenvalue weighted by Gasteiger charge is -2.29. The third-order valence-electron chi connectivity index (χ3n) is 10.6. The molecule has 1 aromatic heterocycles. The number of nitrogens with zero attached hydrogens (tertiary/aromatic N) is 1. The second-order valence-corrected chi connectivity index (χ2v) is 13.8. The number of fused-ring (bicyclic) bond motifs is 8. The van der Waals surface area contributed by atoms with Gasteiger partial charge in [-0.3, -0.25) is 0 Å². The Balaban J connectivity index is 1.21. The molecule has 0 saturated heterocycles. The molecule has 0 unspecified atom stereocenters. The third kappa shape index (κ3) is 4.20. The molecule has 1 aliphatic carbocycles. The summed E-state index contributed by atoms with van der Waals surface area (Å²) in [6, 6.07) is 59.6. The third-order valence-corrected chi connectivity index (χ3v) is 10.6. The van der Waals surface area contributed by atoms with Crippen LogP contribution < -0.4 is 4.90 Å². The topological polar surface area (TPSA) is 16.4 Å². The van der Waals surface area contributed by atoms with E-state index in [-0.39, 0.29) is 5.41 Å². The van der Waals surface area contributed by atoms with E-state index < -0.39 is 0 Å². The van der Waals surface area contributed by atoms with Gasteiger partial charge in [0.2, 0.25) is 0 Å². The summed E-state index contributed by atoms with van der Waals surface area (Å²) >= 11 is 0. The first-order chi connectivity index (χ1) is 24.0. The number of hydrogen-bond donors (Lipinski definition) is 0. The van der Waals surface area contributed by atoms with Crippen molar-refractivity contribution < 1.29 is 4.42 Å². The molecule has 232 valence electrons. The van der Waals surface area contributed by atoms with Gasteiger partial charge in [0.1, 0.15) is 11.2 Å². The first-order valence-electron chi connectivity index (χ1n) is 17.0. The average Bonchev–Trinajstić information content (AvgIpc) is 3.63. The largest absolute Gasteiger partial charge is 0.456 e. The highest BCUT2D eigenvalue weighted by molar-refractivity contribution is 6.09. The van der Waals surface area contributed by atoms with Crippen LogP contribution in [0.4, 0.5) is 17.1 Å². The Morgan fingerprint density at radius 2 is 1.10 bits per heavy atom. The van der Waals surface area contributed by atoms with Crippen LogP contribution in [0.1, 0.15) is 25.0 Å². The Kier molecular flexibility index (Phi) is 5.95. The maximum absolute atomic E-state index is 6.44. The Labute approximate surface area is 285 Å². The van der Waals surface area contributed by atoms with Crippen LogP contribution in [0.5, 0.6) is 0 Å². The van der Waals surface area contributed by atoms with Gasteiger partial charge in [0, 0.05) is 39.0 Å². The zero-order valence-electron chi connectivity index (χ0n) is 27.4. The van der Waals surface area contributed by atoms with Gasteiger partial charge < -0.3 is 9.32 Å². The monoisotopic (exact) mass is 627 g/mol. The first kappa shape index (κ1) is 27.9. The molecule has 8 aromatic carbocycles. The highest BCUT2D eigenvalue weighted by atomic mass is 16.3. The summed E-state index contributed by atoms with van der Waals surface area (Å²) in [4.78, 5) is 2.42. The van der Waals surface area contributed by atoms with E-state index in [9.17, 15) is 0 Å². The molecular weight excluding hydrogens is 595 g/mol. The predicted molar refractivity (Wildman–Crippen MR) is 206 cm³/mol. The van der Waals surface area contributed by atoms with Gasteiger partial charge in [-0.1, -0.05) is 129 Å². The minimum Gasteiger partial charge on any atom is -0.456 e. The Hall–Kier alpha value is -6.12. The van der Waals surface area contributed by atoms with Crippen LogP contribution in [0.15, 0.2) is 168 Å². The standard InChI is InChI=1S/C47H33NO/c1-47(2)42-18-7-5-13-37(42)38-25-23-33(28-43(38)47)48(34-24-26-41-40-14-6-8-20-45(40)49-46(41)29-34)44-19-10-16-36-35(15-9-17-39(36)44)32-22-21-30-11-3-4-12-31(30)27-32/h3-29H,1-2H3. The summed E-state index contributed by atoms with van der Waals surface area (Å²) in [5, 5.41) is 7.18. The van der Waals surface area contributed by atoms with Crippen molar-refractivity contribution >= 4 is 60.5 Å². The lowest BCUT2D eigenvalue weighted by Crippen LogP contribution is -2.16. The van der Waals surface area contributed by atoms with Crippen molar-refractivity contribution in [1.29, 1.82) is 0 Å². The van der Waals surface area contributed by atoms with Crippen LogP contribution >= 0.6 is 0 Å². The van der Waals surface area contributed by atoms with Gasteiger partial charge in [-0.05, 0) is 92.0 Å². The van der Waals surface area contributed by atoms with Crippen LogP contribution in [0.2, 0.25) is 0 Å². The fraction of sp³-hybridized carbons (Fsp3) is 0.0638. The zero-order chi connectivity index (χ0) is 32.7. The lowest BCUT2D eigenvalue weighted by molar-refractivity contribution is 0.660. The van der Waals surface area contributed by atoms with E-state index in [0.717, 1.165) is 39.0 Å². The first-order valence-corrected chi connectivity index (χ1v) is 17.0. The minimum atomic E-state index is -0.113. The predicted octanol–water partition coefficient (Wildman–Crippen LogP) is 13.3. The molecule has 49 heavy (non-hydrogen) atoms. The number of furan rings is 1. The van der Waals surface area contributed by atoms with Crippen LogP contribution in [0.3, 0.4) is 0 Å². The highest BCUT2D eigenvalue weighted by Gasteiger charge is 2.35. The van der Waals surface area contributed by atoms with Crippen molar-refractivity contribution in [1.82, 2.24) is 0 Å². The fourth-order valence-corrected chi connectivity index (χ4v) is 8.21. The molecule has 0 saturated carbocycles. The molecule has 0 aliphatic heterocycles. The SMILES string of the molecule is CC1(C)c2ccccc2-c2ccc(N(c3ccc4c(c3)oc3ccccc34)c3cccc4c(-c5ccc6ccccc6c5)cccc34)cc21. The molecule has 1 heterocycles. The van der Waals surface area contributed by atoms with E-state index in [1.54, 1.807) is 0 Å². The van der Waals surface area contributed by atoms with Gasteiger partial charge in [0.05, 0.1) is 5.69 Å². The van der Waals surface area contributed by atoms with Crippen LogP contribution in [-0.4, -0.2) is 0 Å². The van der Waals surface area contributed by atoms with Crippen LogP contribution in [0, 0.1) is 0 Å². The molecule has 0 fully saturated rings. The fourth-order valence-electron chi connectivity index (χ4n) is 8.21. The van der Waals surface area contributed by atoms with E-state index in [1.165, 1.54) is 54.9 Å². The van der Waals surface area contributed by atoms with Crippen molar-refractivity contribution in [3.05, 3.63) is 175 Å². The molecule has 0 amide bonds. The number of rotatable bonds is 4. The van der Waals surface area contributed by atoms with E-state index in [2.05, 4.69) is 170 Å². The molecule has 1 aliphatic rings. The number of para-hydroxylation sites is 1. The maximum atomic E-state index is 6.44. The van der Waals surface area contributed by atoms with E-state index in [0.29, 0.717) is 0 Å². The second kappa shape index (κ2) is 10.4. The van der Waals surface area contributed by atoms with Gasteiger partial charge in [-0.15, -0.1) is 0 Å². The molecule has 10 rings (SSSR count). The van der Waals surface area contributed by atoms with Crippen molar-refractivity contribution in [2.24, 2.45) is 0 Å². The molecule has 2 heteroatoms. The van der Waals surface area contributed by atoms with Crippen molar-refractivity contribution in [2.45, 2.75) is 19.3 Å². The van der Waals surface area contributed by atoms with Crippen molar-refractivity contribution in [3.8, 4) is 22.3 Å². The average molecular weight is 628 g/mol. The molecule has 0 radical (unpaired) electrons. The van der Waals surface area contributed by atoms with E-state index in [1.807, 2.05) is 12.1 Å². The Morgan fingerprint density at radius 1 is 0.429 bits per heavy atom. The molecular formula is C47H33NO. The van der Waals surface area contributed by atoms with Crippen LogP contribution in [0.25, 0.3) is 65.7 Å². The second-order valence-electron chi connectivity index (χ2n) is 13.8. The highest BCUT2D eigenvalue weighted by Crippen LogP contribution is 2.51. The van der Waals surface area contributed by atoms with Crippen molar-refractivity contribution in [2.75, 3.05) is 4.90 Å². The molecule has 9 aromatic rings. The van der Waals surface area contributed by atoms with E-state index in [4.69, 9.17) is 4.42 Å². The molecule has 0 atom stereocenters. The summed E-state index contributed by atoms with van der Waals surface area (Å²) in [5.74, 6) is 0. The van der Waals surface area contributed by atoms with Crippen molar-refractivity contribution in [3.63, 3.8) is 0 Å². The zero-order valence-corrected chi connectivity index (χ0v) is 27.4. The lowest BCUT2D eigenvalue weighted by atomic mass is 9.82. The van der Waals surface area contributed by atoms with Crippen LogP contribution in [-0.2, 0) is 5.41 Å². The van der Waals surface area contributed by atoms with E-state index >= 15 is 0 Å². The summed E-state index contributed by atoms with van der Waals surface area (Å²) < 4.78 is 6.44. The molecule has 0 spiro atoms. The molecule has 0 N–H and O–H groups in total. The number of anilines is 3. The van der Waals surface area contributed by atoms with Gasteiger partial charge >= 0.3 is 0 Å². The van der Waals surface area contributed by atoms with Gasteiger partial charge in [-0.2, -0.15) is 0 Å². The number of benzene rings is 8. The summed E-state index contributed by atoms with van der Waals surface area (Å²) in [5.41, 5.74) is 12.8. The minimum absolute atomic E-state index is 0.113. The Bertz CT molecular complexity index is 2770. The molecule has 2 nitrogen and oxygen atoms in total. The quantitative estimate of drug-likeness (QED) is 0.193. The van der Waals surface area contributed by atoms with Gasteiger partial charge in [0.25, 0.3) is 0 Å². The smallest absolute Gasteiger partial charge is 0.137 e. The summed E-state index contributed by atoms with van der Waals surface area (Å²) in [6.07, 6.45) is 0. The number of hydrogen-bond acceptors (Lipinski definition) is 2.